The van der Waals surface area contributed by atoms with E-state index in [9.17, 15) is 24.3 Å². The molecule has 0 amide bonds. The Labute approximate surface area is 131 Å². The van der Waals surface area contributed by atoms with Crippen molar-refractivity contribution in [1.29, 1.82) is 0 Å². The molecule has 0 bridgehead atoms. The van der Waals surface area contributed by atoms with Crippen molar-refractivity contribution in [2.45, 2.75) is 52.0 Å². The molecule has 1 fully saturated rings. The minimum absolute atomic E-state index is 0.726. The van der Waals surface area contributed by atoms with Gasteiger partial charge in [-0.2, -0.15) is 0 Å². The summed E-state index contributed by atoms with van der Waals surface area (Å²) in [4.78, 5) is 44.5. The second kappa shape index (κ2) is 7.38. The SMILES string of the molecule is CC(=O)OC[C@@]1(O)O[C@@H](OC(C)=O)[C@@H](OC(C)=O)C1OC(C)=O. The molecule has 0 aromatic heterocycles. The van der Waals surface area contributed by atoms with Crippen molar-refractivity contribution in [3.8, 4) is 0 Å². The number of hydrogen-bond donors (Lipinski definition) is 1. The predicted octanol–water partition coefficient (Wildman–Crippen LogP) is -0.979. The van der Waals surface area contributed by atoms with Crippen molar-refractivity contribution >= 4 is 23.9 Å². The average Bonchev–Trinajstić information content (AvgIpc) is 2.60. The van der Waals surface area contributed by atoms with Crippen LogP contribution < -0.4 is 0 Å². The van der Waals surface area contributed by atoms with Crippen LogP contribution >= 0.6 is 0 Å². The lowest BCUT2D eigenvalue weighted by molar-refractivity contribution is -0.280. The van der Waals surface area contributed by atoms with Gasteiger partial charge in [0, 0.05) is 27.7 Å². The molecule has 1 saturated heterocycles. The molecule has 0 spiro atoms. The monoisotopic (exact) mass is 334 g/mol. The summed E-state index contributed by atoms with van der Waals surface area (Å²) in [5.74, 6) is -5.48. The first-order valence-corrected chi connectivity index (χ1v) is 6.60. The van der Waals surface area contributed by atoms with Gasteiger partial charge in [-0.05, 0) is 0 Å². The van der Waals surface area contributed by atoms with Gasteiger partial charge in [0.25, 0.3) is 0 Å². The van der Waals surface area contributed by atoms with Gasteiger partial charge < -0.3 is 24.1 Å². The highest BCUT2D eigenvalue weighted by Crippen LogP contribution is 2.35. The summed E-state index contributed by atoms with van der Waals surface area (Å²) in [5, 5.41) is 10.5. The standard InChI is InChI=1S/C13H18O10/c1-6(14)19-5-13(18)11(21-8(3)16)10(20-7(2)15)12(23-13)22-9(4)17/h10-12,18H,5H2,1-4H3/t10-,11?,12+,13+/m0/s1. The summed E-state index contributed by atoms with van der Waals surface area (Å²) >= 11 is 0. The van der Waals surface area contributed by atoms with Crippen LogP contribution in [0.15, 0.2) is 0 Å². The van der Waals surface area contributed by atoms with Gasteiger partial charge in [0.1, 0.15) is 6.61 Å². The van der Waals surface area contributed by atoms with Crippen LogP contribution in [0.1, 0.15) is 27.7 Å². The molecule has 0 aromatic carbocycles. The van der Waals surface area contributed by atoms with Crippen LogP contribution in [-0.2, 0) is 42.9 Å². The van der Waals surface area contributed by atoms with Crippen LogP contribution in [0.25, 0.3) is 0 Å². The highest BCUT2D eigenvalue weighted by atomic mass is 16.8. The second-order valence-electron chi connectivity index (χ2n) is 4.82. The second-order valence-corrected chi connectivity index (χ2v) is 4.82. The number of hydrogen-bond acceptors (Lipinski definition) is 10. The van der Waals surface area contributed by atoms with E-state index in [0.717, 1.165) is 27.7 Å². The molecule has 10 nitrogen and oxygen atoms in total. The lowest BCUT2D eigenvalue weighted by Crippen LogP contribution is -2.50. The smallest absolute Gasteiger partial charge is 0.305 e. The fraction of sp³-hybridized carbons (Fsp3) is 0.692. The number of rotatable bonds is 5. The molecule has 1 heterocycles. The molecule has 0 aliphatic carbocycles. The van der Waals surface area contributed by atoms with Gasteiger partial charge in [-0.1, -0.05) is 0 Å². The summed E-state index contributed by atoms with van der Waals surface area (Å²) in [5.41, 5.74) is 0. The molecule has 1 aliphatic heterocycles. The first kappa shape index (κ1) is 18.8. The van der Waals surface area contributed by atoms with Gasteiger partial charge in [0.05, 0.1) is 0 Å². The Bertz CT molecular complexity index is 501. The maximum absolute atomic E-state index is 11.2. The molecule has 1 N–H and O–H groups in total. The van der Waals surface area contributed by atoms with E-state index in [1.807, 2.05) is 0 Å². The van der Waals surface area contributed by atoms with Gasteiger partial charge in [-0.25, -0.2) is 0 Å². The van der Waals surface area contributed by atoms with E-state index >= 15 is 0 Å². The van der Waals surface area contributed by atoms with Crippen LogP contribution in [0.3, 0.4) is 0 Å². The number of esters is 4. The molecule has 10 heteroatoms. The molecular formula is C13H18O10. The van der Waals surface area contributed by atoms with Crippen LogP contribution in [0.5, 0.6) is 0 Å². The van der Waals surface area contributed by atoms with Crippen LogP contribution in [-0.4, -0.2) is 59.9 Å². The summed E-state index contributed by atoms with van der Waals surface area (Å²) in [6, 6.07) is 0. The van der Waals surface area contributed by atoms with Crippen LogP contribution in [0.4, 0.5) is 0 Å². The highest BCUT2D eigenvalue weighted by Gasteiger charge is 2.61. The lowest BCUT2D eigenvalue weighted by Gasteiger charge is -2.28. The van der Waals surface area contributed by atoms with E-state index in [-0.39, 0.29) is 0 Å². The maximum atomic E-state index is 11.2. The van der Waals surface area contributed by atoms with E-state index in [0.29, 0.717) is 0 Å². The zero-order valence-corrected chi connectivity index (χ0v) is 13.1. The molecule has 0 saturated carbocycles. The van der Waals surface area contributed by atoms with Gasteiger partial charge in [0.15, 0.2) is 0 Å². The summed E-state index contributed by atoms with van der Waals surface area (Å²) in [6.45, 7) is 3.55. The third-order valence-electron chi connectivity index (χ3n) is 2.69. The van der Waals surface area contributed by atoms with Crippen LogP contribution in [0.2, 0.25) is 0 Å². The Morgan fingerprint density at radius 2 is 1.43 bits per heavy atom. The summed E-state index contributed by atoms with van der Waals surface area (Å²) in [7, 11) is 0. The summed E-state index contributed by atoms with van der Waals surface area (Å²) in [6.07, 6.45) is -4.53. The van der Waals surface area contributed by atoms with Crippen molar-refractivity contribution in [2.75, 3.05) is 6.61 Å². The molecule has 1 unspecified atom stereocenters. The fourth-order valence-corrected chi connectivity index (χ4v) is 1.96. The van der Waals surface area contributed by atoms with Crippen molar-refractivity contribution in [3.63, 3.8) is 0 Å². The maximum Gasteiger partial charge on any atom is 0.305 e. The minimum atomic E-state index is -2.35. The third kappa shape index (κ3) is 5.18. The third-order valence-corrected chi connectivity index (χ3v) is 2.69. The zero-order chi connectivity index (χ0) is 17.8. The molecule has 1 rings (SSSR count). The molecule has 23 heavy (non-hydrogen) atoms. The predicted molar refractivity (Wildman–Crippen MR) is 69.3 cm³/mol. The average molecular weight is 334 g/mol. The van der Waals surface area contributed by atoms with Crippen molar-refractivity contribution < 1.29 is 48.0 Å². The van der Waals surface area contributed by atoms with E-state index in [1.165, 1.54) is 0 Å². The van der Waals surface area contributed by atoms with Gasteiger partial charge in [0.2, 0.25) is 24.3 Å². The lowest BCUT2D eigenvalue weighted by atomic mass is 10.1. The first-order valence-electron chi connectivity index (χ1n) is 6.60. The summed E-state index contributed by atoms with van der Waals surface area (Å²) < 4.78 is 24.4. The quantitative estimate of drug-likeness (QED) is 0.493. The van der Waals surface area contributed by atoms with E-state index in [1.54, 1.807) is 0 Å². The molecule has 0 aromatic rings. The Balaban J connectivity index is 3.11. The molecule has 4 atom stereocenters. The topological polar surface area (TPSA) is 135 Å². The zero-order valence-electron chi connectivity index (χ0n) is 13.1. The molecular weight excluding hydrogens is 316 g/mol. The molecule has 1 aliphatic rings. The fourth-order valence-electron chi connectivity index (χ4n) is 1.96. The van der Waals surface area contributed by atoms with Gasteiger partial charge >= 0.3 is 23.9 Å². The van der Waals surface area contributed by atoms with Gasteiger partial charge in [-0.15, -0.1) is 0 Å². The number of carbonyl (C=O) groups is 4. The minimum Gasteiger partial charge on any atom is -0.460 e. The Kier molecular flexibility index (Phi) is 6.05. The van der Waals surface area contributed by atoms with E-state index in [4.69, 9.17) is 18.9 Å². The van der Waals surface area contributed by atoms with E-state index in [2.05, 4.69) is 4.74 Å². The Hall–Kier alpha value is -2.20. The highest BCUT2D eigenvalue weighted by molar-refractivity contribution is 5.68. The van der Waals surface area contributed by atoms with Gasteiger partial charge in [-0.3, -0.25) is 23.9 Å². The molecule has 0 radical (unpaired) electrons. The number of aliphatic hydroxyl groups is 1. The number of ether oxygens (including phenoxy) is 5. The Morgan fingerprint density at radius 3 is 1.87 bits per heavy atom. The normalized spacial score (nSPS) is 29.5. The van der Waals surface area contributed by atoms with Crippen molar-refractivity contribution in [1.82, 2.24) is 0 Å². The van der Waals surface area contributed by atoms with Crippen molar-refractivity contribution in [2.24, 2.45) is 0 Å². The van der Waals surface area contributed by atoms with Crippen LogP contribution in [0, 0.1) is 0 Å². The largest absolute Gasteiger partial charge is 0.460 e. The van der Waals surface area contributed by atoms with E-state index < -0.39 is 54.8 Å². The number of carbonyl (C=O) groups excluding carboxylic acids is 4. The van der Waals surface area contributed by atoms with Crippen molar-refractivity contribution in [3.05, 3.63) is 0 Å². The first-order chi connectivity index (χ1) is 10.5. The molecule has 130 valence electrons. The Morgan fingerprint density at radius 1 is 0.913 bits per heavy atom.